The van der Waals surface area contributed by atoms with Crippen molar-refractivity contribution in [1.29, 1.82) is 0 Å². The van der Waals surface area contributed by atoms with Crippen LogP contribution in [-0.2, 0) is 6.54 Å². The molecule has 0 spiro atoms. The van der Waals surface area contributed by atoms with Crippen LogP contribution >= 0.6 is 0 Å². The van der Waals surface area contributed by atoms with Crippen molar-refractivity contribution in [3.63, 3.8) is 0 Å². The third-order valence-corrected chi connectivity index (χ3v) is 3.50. The smallest absolute Gasteiger partial charge is 0.223 e. The quantitative estimate of drug-likeness (QED) is 0.783. The van der Waals surface area contributed by atoms with E-state index in [1.165, 1.54) is 12.3 Å². The van der Waals surface area contributed by atoms with Crippen LogP contribution in [0.3, 0.4) is 0 Å². The van der Waals surface area contributed by atoms with E-state index in [1.807, 2.05) is 11.5 Å². The number of aliphatic hydroxyl groups excluding tert-OH is 1. The maximum absolute atomic E-state index is 11.6. The van der Waals surface area contributed by atoms with Gasteiger partial charge in [0, 0.05) is 18.3 Å². The van der Waals surface area contributed by atoms with Gasteiger partial charge in [0.05, 0.1) is 18.8 Å². The molecule has 0 bridgehead atoms. The van der Waals surface area contributed by atoms with Crippen molar-refractivity contribution in [2.24, 2.45) is 0 Å². The summed E-state index contributed by atoms with van der Waals surface area (Å²) >= 11 is 0. The van der Waals surface area contributed by atoms with Gasteiger partial charge in [-0.25, -0.2) is 0 Å². The van der Waals surface area contributed by atoms with E-state index < -0.39 is 0 Å². The number of hydrogen-bond acceptors (Lipinski definition) is 4. The average molecular weight is 268 g/mol. The van der Waals surface area contributed by atoms with Crippen molar-refractivity contribution in [2.45, 2.75) is 39.8 Å². The lowest BCUT2D eigenvalue weighted by molar-refractivity contribution is 0.213. The van der Waals surface area contributed by atoms with Crippen LogP contribution < -0.4 is 5.43 Å². The Morgan fingerprint density at radius 3 is 2.42 bits per heavy atom. The minimum atomic E-state index is -0.369. The van der Waals surface area contributed by atoms with Gasteiger partial charge in [0.2, 0.25) is 5.43 Å². The van der Waals surface area contributed by atoms with Crippen molar-refractivity contribution in [1.82, 2.24) is 9.47 Å². The molecule has 2 N–H and O–H groups in total. The predicted molar refractivity (Wildman–Crippen MR) is 75.4 cm³/mol. The SMILES string of the molecule is CCC(CO)n1cc(O)c(=O)cc1CN(CC)CC. The molecule has 5 heteroatoms. The Labute approximate surface area is 114 Å². The van der Waals surface area contributed by atoms with Crippen LogP contribution in [0, 0.1) is 0 Å². The first-order valence-electron chi connectivity index (χ1n) is 6.84. The molecule has 1 unspecified atom stereocenters. The molecule has 1 aromatic heterocycles. The summed E-state index contributed by atoms with van der Waals surface area (Å²) in [7, 11) is 0. The molecule has 0 amide bonds. The van der Waals surface area contributed by atoms with Gasteiger partial charge in [-0.3, -0.25) is 9.69 Å². The molecule has 1 aromatic rings. The third kappa shape index (κ3) is 3.81. The van der Waals surface area contributed by atoms with E-state index in [4.69, 9.17) is 0 Å². The number of aromatic hydroxyl groups is 1. The number of aliphatic hydroxyl groups is 1. The van der Waals surface area contributed by atoms with Gasteiger partial charge < -0.3 is 14.8 Å². The van der Waals surface area contributed by atoms with Crippen LogP contribution in [0.4, 0.5) is 0 Å². The Balaban J connectivity index is 3.19. The lowest BCUT2D eigenvalue weighted by Gasteiger charge is -2.25. The van der Waals surface area contributed by atoms with Crippen molar-refractivity contribution in [2.75, 3.05) is 19.7 Å². The number of aromatic nitrogens is 1. The average Bonchev–Trinajstić information content (AvgIpc) is 2.42. The maximum atomic E-state index is 11.6. The Hall–Kier alpha value is -1.33. The van der Waals surface area contributed by atoms with Crippen LogP contribution in [0.1, 0.15) is 38.9 Å². The van der Waals surface area contributed by atoms with Gasteiger partial charge in [0.15, 0.2) is 5.75 Å². The second-order valence-corrected chi connectivity index (χ2v) is 4.63. The van der Waals surface area contributed by atoms with Crippen molar-refractivity contribution < 1.29 is 10.2 Å². The monoisotopic (exact) mass is 268 g/mol. The predicted octanol–water partition coefficient (Wildman–Crippen LogP) is 1.34. The number of hydrogen-bond donors (Lipinski definition) is 2. The van der Waals surface area contributed by atoms with Crippen molar-refractivity contribution >= 4 is 0 Å². The lowest BCUT2D eigenvalue weighted by Crippen LogP contribution is -2.27. The van der Waals surface area contributed by atoms with E-state index >= 15 is 0 Å². The Morgan fingerprint density at radius 2 is 1.95 bits per heavy atom. The molecule has 1 heterocycles. The molecule has 0 saturated carbocycles. The summed E-state index contributed by atoms with van der Waals surface area (Å²) in [6.45, 7) is 8.51. The Morgan fingerprint density at radius 1 is 1.32 bits per heavy atom. The number of pyridine rings is 1. The second-order valence-electron chi connectivity index (χ2n) is 4.63. The molecule has 0 fully saturated rings. The molecular formula is C14H24N2O3. The normalized spacial score (nSPS) is 12.9. The fraction of sp³-hybridized carbons (Fsp3) is 0.643. The summed E-state index contributed by atoms with van der Waals surface area (Å²) in [6, 6.07) is 1.35. The third-order valence-electron chi connectivity index (χ3n) is 3.50. The van der Waals surface area contributed by atoms with Crippen LogP contribution in [-0.4, -0.2) is 39.4 Å². The van der Waals surface area contributed by atoms with E-state index in [9.17, 15) is 15.0 Å². The summed E-state index contributed by atoms with van der Waals surface area (Å²) in [4.78, 5) is 13.8. The zero-order chi connectivity index (χ0) is 14.4. The van der Waals surface area contributed by atoms with E-state index in [2.05, 4.69) is 18.7 Å². The minimum Gasteiger partial charge on any atom is -0.503 e. The molecule has 1 atom stereocenters. The summed E-state index contributed by atoms with van der Waals surface area (Å²) < 4.78 is 1.81. The number of nitrogens with zero attached hydrogens (tertiary/aromatic N) is 2. The highest BCUT2D eigenvalue weighted by Gasteiger charge is 2.14. The van der Waals surface area contributed by atoms with Crippen LogP contribution in [0.2, 0.25) is 0 Å². The molecule has 0 radical (unpaired) electrons. The summed E-state index contributed by atoms with van der Waals surface area (Å²) in [5.74, 6) is -0.268. The molecule has 0 aliphatic carbocycles. The van der Waals surface area contributed by atoms with Crippen molar-refractivity contribution in [3.8, 4) is 5.75 Å². The first-order chi connectivity index (χ1) is 9.07. The van der Waals surface area contributed by atoms with Crippen molar-refractivity contribution in [3.05, 3.63) is 28.2 Å². The van der Waals surface area contributed by atoms with Crippen LogP contribution in [0.5, 0.6) is 5.75 Å². The molecule has 1 rings (SSSR count). The van der Waals surface area contributed by atoms with Gasteiger partial charge in [-0.1, -0.05) is 20.8 Å². The zero-order valence-corrected chi connectivity index (χ0v) is 12.0. The minimum absolute atomic E-state index is 0.00986. The highest BCUT2D eigenvalue weighted by molar-refractivity contribution is 5.21. The van der Waals surface area contributed by atoms with Gasteiger partial charge in [-0.2, -0.15) is 0 Å². The van der Waals surface area contributed by atoms with Gasteiger partial charge in [-0.15, -0.1) is 0 Å². The highest BCUT2D eigenvalue weighted by Crippen LogP contribution is 2.17. The largest absolute Gasteiger partial charge is 0.503 e. The summed E-state index contributed by atoms with van der Waals surface area (Å²) in [5.41, 5.74) is 0.457. The molecule has 0 saturated heterocycles. The maximum Gasteiger partial charge on any atom is 0.223 e. The van der Waals surface area contributed by atoms with Crippen LogP contribution in [0.25, 0.3) is 0 Å². The first kappa shape index (κ1) is 15.7. The van der Waals surface area contributed by atoms with E-state index in [0.717, 1.165) is 25.2 Å². The molecule has 0 aliphatic rings. The van der Waals surface area contributed by atoms with E-state index in [-0.39, 0.29) is 23.8 Å². The first-order valence-corrected chi connectivity index (χ1v) is 6.84. The molecule has 19 heavy (non-hydrogen) atoms. The fourth-order valence-corrected chi connectivity index (χ4v) is 2.14. The van der Waals surface area contributed by atoms with Crippen LogP contribution in [0.15, 0.2) is 17.1 Å². The van der Waals surface area contributed by atoms with Gasteiger partial charge in [-0.05, 0) is 19.5 Å². The van der Waals surface area contributed by atoms with E-state index in [0.29, 0.717) is 6.54 Å². The zero-order valence-electron chi connectivity index (χ0n) is 12.0. The summed E-state index contributed by atoms with van der Waals surface area (Å²) in [5, 5.41) is 19.0. The molecule has 0 aliphatic heterocycles. The highest BCUT2D eigenvalue weighted by atomic mass is 16.3. The van der Waals surface area contributed by atoms with Gasteiger partial charge in [0.1, 0.15) is 0 Å². The fourth-order valence-electron chi connectivity index (χ4n) is 2.14. The van der Waals surface area contributed by atoms with E-state index in [1.54, 1.807) is 0 Å². The second kappa shape index (κ2) is 7.31. The Kier molecular flexibility index (Phi) is 6.05. The number of rotatable bonds is 7. The molecule has 0 aromatic carbocycles. The molecule has 108 valence electrons. The topological polar surface area (TPSA) is 65.7 Å². The molecular weight excluding hydrogens is 244 g/mol. The van der Waals surface area contributed by atoms with Gasteiger partial charge >= 0.3 is 0 Å². The Bertz CT molecular complexity index is 448. The lowest BCUT2D eigenvalue weighted by atomic mass is 10.2. The molecule has 5 nitrogen and oxygen atoms in total. The summed E-state index contributed by atoms with van der Waals surface area (Å²) in [6.07, 6.45) is 2.18. The van der Waals surface area contributed by atoms with Gasteiger partial charge in [0.25, 0.3) is 0 Å². The standard InChI is InChI=1S/C14H24N2O3/c1-4-11(10-17)16-9-14(19)13(18)7-12(16)8-15(5-2)6-3/h7,9,11,17,19H,4-6,8,10H2,1-3H3.